The van der Waals surface area contributed by atoms with Crippen LogP contribution in [0.3, 0.4) is 0 Å². The Morgan fingerprint density at radius 1 is 0.861 bits per heavy atom. The lowest BCUT2D eigenvalue weighted by atomic mass is 10.0. The smallest absolute Gasteiger partial charge is 0.360 e. The topological polar surface area (TPSA) is 66.3 Å². The number of para-hydroxylation sites is 2. The summed E-state index contributed by atoms with van der Waals surface area (Å²) in [5.41, 5.74) is 6.54. The highest BCUT2D eigenvalue weighted by atomic mass is 16.1. The molecule has 0 amide bonds. The Labute approximate surface area is 211 Å². The van der Waals surface area contributed by atoms with Crippen LogP contribution in [0.25, 0.3) is 22.5 Å². The van der Waals surface area contributed by atoms with Crippen LogP contribution in [0.5, 0.6) is 0 Å². The minimum Gasteiger partial charge on any atom is -0.360 e. The van der Waals surface area contributed by atoms with Gasteiger partial charge >= 0.3 is 5.69 Å². The van der Waals surface area contributed by atoms with Gasteiger partial charge in [0.1, 0.15) is 18.1 Å². The summed E-state index contributed by atoms with van der Waals surface area (Å²) < 4.78 is 1.29. The van der Waals surface area contributed by atoms with Crippen LogP contribution in [0.1, 0.15) is 18.4 Å². The number of nitrogens with one attached hydrogen (secondary N) is 1. The summed E-state index contributed by atoms with van der Waals surface area (Å²) in [5.74, 6) is 0. The second kappa shape index (κ2) is 9.59. The first-order valence-corrected chi connectivity index (χ1v) is 12.5. The molecule has 0 bridgehead atoms. The Bertz CT molecular complexity index is 1410. The lowest BCUT2D eigenvalue weighted by Crippen LogP contribution is -2.43. The van der Waals surface area contributed by atoms with Gasteiger partial charge < -0.3 is 10.2 Å². The van der Waals surface area contributed by atoms with Crippen LogP contribution in [0.4, 0.5) is 11.4 Å². The number of nitrogens with zero attached hydrogens (tertiary/aromatic N) is 5. The van der Waals surface area contributed by atoms with Gasteiger partial charge in [0.05, 0.1) is 11.4 Å². The summed E-state index contributed by atoms with van der Waals surface area (Å²) in [4.78, 5) is 21.6. The molecule has 0 atom stereocenters. The molecular formula is C29H29N6O. The fourth-order valence-corrected chi connectivity index (χ4v) is 5.17. The number of aryl methyl sites for hydroxylation is 1. The van der Waals surface area contributed by atoms with Crippen LogP contribution >= 0.6 is 0 Å². The van der Waals surface area contributed by atoms with Crippen molar-refractivity contribution in [2.45, 2.75) is 25.4 Å². The van der Waals surface area contributed by atoms with Gasteiger partial charge in [0.2, 0.25) is 0 Å². The molecule has 2 aliphatic heterocycles. The number of likely N-dealkylation sites (tertiary alicyclic amines) is 1. The van der Waals surface area contributed by atoms with Crippen molar-refractivity contribution < 1.29 is 0 Å². The van der Waals surface area contributed by atoms with Crippen LogP contribution < -0.4 is 15.9 Å². The van der Waals surface area contributed by atoms with Gasteiger partial charge in [0, 0.05) is 43.9 Å². The zero-order valence-corrected chi connectivity index (χ0v) is 20.3. The van der Waals surface area contributed by atoms with Crippen LogP contribution in [-0.2, 0) is 13.6 Å². The number of rotatable bonds is 5. The Morgan fingerprint density at radius 3 is 2.33 bits per heavy atom. The first-order chi connectivity index (χ1) is 17.7. The number of anilines is 2. The predicted molar refractivity (Wildman–Crippen MR) is 143 cm³/mol. The van der Waals surface area contributed by atoms with E-state index in [2.05, 4.69) is 80.4 Å². The van der Waals surface area contributed by atoms with Crippen molar-refractivity contribution in [1.29, 1.82) is 0 Å². The minimum atomic E-state index is -0.357. The number of aromatic nitrogens is 3. The average molecular weight is 478 g/mol. The number of hydrogen-bond donors (Lipinski definition) is 1. The van der Waals surface area contributed by atoms with Crippen LogP contribution in [-0.4, -0.2) is 38.8 Å². The first-order valence-electron chi connectivity index (χ1n) is 12.5. The molecule has 0 unspecified atom stereocenters. The van der Waals surface area contributed by atoms with Gasteiger partial charge in [-0.15, -0.1) is 0 Å². The molecule has 2 aliphatic rings. The van der Waals surface area contributed by atoms with Gasteiger partial charge in [-0.2, -0.15) is 10.1 Å². The predicted octanol–water partition coefficient (Wildman–Crippen LogP) is 4.53. The first kappa shape index (κ1) is 22.5. The molecule has 0 saturated carbocycles. The quantitative estimate of drug-likeness (QED) is 0.456. The van der Waals surface area contributed by atoms with E-state index in [1.807, 2.05) is 30.3 Å². The lowest BCUT2D eigenvalue weighted by Gasteiger charge is -2.37. The number of fused-ring (bicyclic) bond motifs is 1. The molecule has 3 aromatic carbocycles. The van der Waals surface area contributed by atoms with Gasteiger partial charge in [-0.05, 0) is 30.5 Å². The maximum atomic E-state index is 12.3. The van der Waals surface area contributed by atoms with Crippen molar-refractivity contribution in [3.05, 3.63) is 102 Å². The summed E-state index contributed by atoms with van der Waals surface area (Å²) in [6, 6.07) is 27.3. The number of piperidine rings is 1. The largest absolute Gasteiger partial charge is 0.364 e. The number of benzene rings is 3. The van der Waals surface area contributed by atoms with Gasteiger partial charge in [-0.1, -0.05) is 66.7 Å². The highest BCUT2D eigenvalue weighted by molar-refractivity contribution is 5.78. The summed E-state index contributed by atoms with van der Waals surface area (Å²) in [6.07, 6.45) is 2.27. The summed E-state index contributed by atoms with van der Waals surface area (Å²) in [6.45, 7) is 5.17. The van der Waals surface area contributed by atoms with E-state index in [9.17, 15) is 4.79 Å². The average Bonchev–Trinajstić information content (AvgIpc) is 3.36. The molecule has 7 nitrogen and oxygen atoms in total. The molecule has 181 valence electrons. The van der Waals surface area contributed by atoms with Crippen LogP contribution in [0.15, 0.2) is 83.7 Å². The van der Waals surface area contributed by atoms with E-state index < -0.39 is 0 Å². The second-order valence-electron chi connectivity index (χ2n) is 9.48. The Hall–Kier alpha value is -3.97. The molecule has 0 aliphatic carbocycles. The third kappa shape index (κ3) is 4.38. The third-order valence-corrected chi connectivity index (χ3v) is 7.13. The molecule has 7 heteroatoms. The van der Waals surface area contributed by atoms with Crippen molar-refractivity contribution in [3.8, 4) is 22.5 Å². The Balaban J connectivity index is 1.14. The lowest BCUT2D eigenvalue weighted by molar-refractivity contribution is 0.204. The molecule has 3 heterocycles. The highest BCUT2D eigenvalue weighted by Gasteiger charge is 2.29. The molecule has 0 spiro atoms. The van der Waals surface area contributed by atoms with Crippen LogP contribution in [0, 0.1) is 6.67 Å². The number of hydrogen-bond acceptors (Lipinski definition) is 6. The van der Waals surface area contributed by atoms with E-state index in [4.69, 9.17) is 0 Å². The van der Waals surface area contributed by atoms with E-state index in [0.29, 0.717) is 17.4 Å². The molecule has 1 saturated heterocycles. The van der Waals surface area contributed by atoms with Gasteiger partial charge in [-0.25, -0.2) is 9.48 Å². The molecule has 1 aromatic heterocycles. The molecule has 4 aromatic rings. The van der Waals surface area contributed by atoms with Crippen molar-refractivity contribution in [3.63, 3.8) is 0 Å². The van der Waals surface area contributed by atoms with E-state index in [1.165, 1.54) is 21.6 Å². The highest BCUT2D eigenvalue weighted by Crippen LogP contribution is 2.36. The maximum absolute atomic E-state index is 12.3. The van der Waals surface area contributed by atoms with Crippen LogP contribution in [0.2, 0.25) is 0 Å². The normalized spacial score (nSPS) is 16.1. The van der Waals surface area contributed by atoms with Gasteiger partial charge in [0.25, 0.3) is 0 Å². The Morgan fingerprint density at radius 2 is 1.56 bits per heavy atom. The molecular weight excluding hydrogens is 448 g/mol. The molecule has 36 heavy (non-hydrogen) atoms. The molecule has 1 fully saturated rings. The van der Waals surface area contributed by atoms with E-state index >= 15 is 0 Å². The molecule has 6 rings (SSSR count). The van der Waals surface area contributed by atoms with Gasteiger partial charge in [-0.3, -0.25) is 4.90 Å². The maximum Gasteiger partial charge on any atom is 0.364 e. The van der Waals surface area contributed by atoms with Crippen molar-refractivity contribution in [2.24, 2.45) is 7.05 Å². The SMILES string of the molecule is Cn1nc(-c2ccccc2)c(-c2ccc(CN3CCC(N4[CH]Nc5ccccc54)CC3)cc2)nc1=O. The summed E-state index contributed by atoms with van der Waals surface area (Å²) in [7, 11) is 1.63. The fourth-order valence-electron chi connectivity index (χ4n) is 5.17. The molecule has 1 radical (unpaired) electrons. The summed E-state index contributed by atoms with van der Waals surface area (Å²) >= 11 is 0. The van der Waals surface area contributed by atoms with E-state index in [1.54, 1.807) is 7.05 Å². The van der Waals surface area contributed by atoms with Crippen molar-refractivity contribution in [1.82, 2.24) is 19.7 Å². The zero-order chi connectivity index (χ0) is 24.5. The Kier molecular flexibility index (Phi) is 5.99. The van der Waals surface area contributed by atoms with Crippen molar-refractivity contribution >= 4 is 11.4 Å². The third-order valence-electron chi connectivity index (χ3n) is 7.13. The zero-order valence-electron chi connectivity index (χ0n) is 20.3. The fraction of sp³-hybridized carbons (Fsp3) is 0.241. The van der Waals surface area contributed by atoms with E-state index in [-0.39, 0.29) is 5.69 Å². The minimum absolute atomic E-state index is 0.357. The summed E-state index contributed by atoms with van der Waals surface area (Å²) in [5, 5.41) is 7.91. The molecule has 1 N–H and O–H groups in total. The standard InChI is InChI=1S/C29H29N6O/c1-33-29(36)31-27(28(32-33)22-7-3-2-4-8-22)23-13-11-21(12-14-23)19-34-17-15-24(16-18-34)35-20-30-25-9-5-6-10-26(25)35/h2-14,20,24,30H,15-19H2,1H3. The second-order valence-corrected chi connectivity index (χ2v) is 9.48. The van der Waals surface area contributed by atoms with Gasteiger partial charge in [0.15, 0.2) is 0 Å². The monoisotopic (exact) mass is 477 g/mol. The van der Waals surface area contributed by atoms with Crippen molar-refractivity contribution in [2.75, 3.05) is 23.3 Å². The van der Waals surface area contributed by atoms with E-state index in [0.717, 1.165) is 43.6 Å².